The SMILES string of the molecule is Cn1c(=O)n(C2CCOCC2)c2nc(-c3cnn4ccc(C#N)cc34)ccc21. The molecule has 1 aliphatic heterocycles. The van der Waals surface area contributed by atoms with Gasteiger partial charge < -0.3 is 4.74 Å². The number of nitrogens with zero attached hydrogens (tertiary/aromatic N) is 6. The van der Waals surface area contributed by atoms with Crippen molar-refractivity contribution >= 4 is 16.7 Å². The molecule has 0 atom stereocenters. The van der Waals surface area contributed by atoms with E-state index in [1.807, 2.05) is 12.1 Å². The molecule has 0 amide bonds. The molecule has 0 bridgehead atoms. The van der Waals surface area contributed by atoms with Crippen LogP contribution in [0.3, 0.4) is 0 Å². The number of imidazole rings is 1. The van der Waals surface area contributed by atoms with E-state index in [2.05, 4.69) is 11.2 Å². The molecule has 28 heavy (non-hydrogen) atoms. The van der Waals surface area contributed by atoms with E-state index >= 15 is 0 Å². The smallest absolute Gasteiger partial charge is 0.330 e. The number of nitriles is 1. The topological polar surface area (TPSA) is 90.1 Å². The van der Waals surface area contributed by atoms with Crippen molar-refractivity contribution in [3.05, 3.63) is 52.7 Å². The highest BCUT2D eigenvalue weighted by molar-refractivity contribution is 5.83. The van der Waals surface area contributed by atoms with E-state index in [1.165, 1.54) is 0 Å². The Morgan fingerprint density at radius 3 is 2.82 bits per heavy atom. The average Bonchev–Trinajstić information content (AvgIpc) is 3.27. The zero-order valence-corrected chi connectivity index (χ0v) is 15.4. The van der Waals surface area contributed by atoms with E-state index in [1.54, 1.807) is 45.2 Å². The van der Waals surface area contributed by atoms with E-state index in [0.29, 0.717) is 24.4 Å². The van der Waals surface area contributed by atoms with Crippen LogP contribution in [-0.4, -0.2) is 36.9 Å². The van der Waals surface area contributed by atoms with Crippen molar-refractivity contribution < 1.29 is 4.74 Å². The average molecular weight is 374 g/mol. The third-order valence-corrected chi connectivity index (χ3v) is 5.42. The first-order chi connectivity index (χ1) is 13.7. The van der Waals surface area contributed by atoms with Gasteiger partial charge in [0.05, 0.1) is 34.6 Å². The predicted molar refractivity (Wildman–Crippen MR) is 103 cm³/mol. The lowest BCUT2D eigenvalue weighted by Gasteiger charge is -2.22. The fourth-order valence-corrected chi connectivity index (χ4v) is 3.91. The monoisotopic (exact) mass is 374 g/mol. The molecule has 0 saturated carbocycles. The summed E-state index contributed by atoms with van der Waals surface area (Å²) in [6.07, 6.45) is 5.10. The minimum absolute atomic E-state index is 0.0572. The minimum Gasteiger partial charge on any atom is -0.381 e. The molecule has 0 N–H and O–H groups in total. The van der Waals surface area contributed by atoms with Gasteiger partial charge in [0.1, 0.15) is 0 Å². The number of fused-ring (bicyclic) bond motifs is 2. The van der Waals surface area contributed by atoms with E-state index in [-0.39, 0.29) is 11.7 Å². The van der Waals surface area contributed by atoms with Crippen molar-refractivity contribution in [1.82, 2.24) is 23.7 Å². The summed E-state index contributed by atoms with van der Waals surface area (Å²) >= 11 is 0. The Kier molecular flexibility index (Phi) is 3.77. The van der Waals surface area contributed by atoms with Gasteiger partial charge in [0.25, 0.3) is 0 Å². The molecule has 1 aliphatic rings. The predicted octanol–water partition coefficient (Wildman–Crippen LogP) is 2.27. The Labute approximate surface area is 160 Å². The van der Waals surface area contributed by atoms with Crippen LogP contribution < -0.4 is 5.69 Å². The highest BCUT2D eigenvalue weighted by atomic mass is 16.5. The van der Waals surface area contributed by atoms with Crippen LogP contribution in [0.5, 0.6) is 0 Å². The van der Waals surface area contributed by atoms with Crippen LogP contribution in [0.2, 0.25) is 0 Å². The van der Waals surface area contributed by atoms with E-state index in [4.69, 9.17) is 9.72 Å². The summed E-state index contributed by atoms with van der Waals surface area (Å²) in [5, 5.41) is 13.6. The first-order valence-corrected chi connectivity index (χ1v) is 9.21. The van der Waals surface area contributed by atoms with Crippen molar-refractivity contribution in [3.8, 4) is 17.3 Å². The second-order valence-electron chi connectivity index (χ2n) is 7.01. The molecular weight excluding hydrogens is 356 g/mol. The molecule has 0 aliphatic carbocycles. The maximum atomic E-state index is 12.9. The second kappa shape index (κ2) is 6.32. The summed E-state index contributed by atoms with van der Waals surface area (Å²) in [6, 6.07) is 9.58. The number of aryl methyl sites for hydroxylation is 1. The Balaban J connectivity index is 1.72. The molecule has 5 heterocycles. The van der Waals surface area contributed by atoms with Gasteiger partial charge in [-0.25, -0.2) is 14.3 Å². The largest absolute Gasteiger partial charge is 0.381 e. The van der Waals surface area contributed by atoms with Gasteiger partial charge in [-0.3, -0.25) is 9.13 Å². The molecule has 4 aromatic rings. The van der Waals surface area contributed by atoms with Gasteiger partial charge in [0.15, 0.2) is 5.65 Å². The number of hydrogen-bond acceptors (Lipinski definition) is 5. The van der Waals surface area contributed by atoms with E-state index < -0.39 is 0 Å². The number of hydrogen-bond donors (Lipinski definition) is 0. The highest BCUT2D eigenvalue weighted by Gasteiger charge is 2.23. The summed E-state index contributed by atoms with van der Waals surface area (Å²) < 4.78 is 10.6. The molecule has 1 saturated heterocycles. The standard InChI is InChI=1S/C20H18N6O2/c1-24-17-3-2-16(15-12-22-25-7-4-13(11-21)10-18(15)25)23-19(17)26(20(24)27)14-5-8-28-9-6-14/h2-4,7,10,12,14H,5-6,8-9H2,1H3. The lowest BCUT2D eigenvalue weighted by molar-refractivity contribution is 0.0695. The van der Waals surface area contributed by atoms with Crippen LogP contribution in [-0.2, 0) is 11.8 Å². The quantitative estimate of drug-likeness (QED) is 0.537. The first-order valence-electron chi connectivity index (χ1n) is 9.21. The van der Waals surface area contributed by atoms with Crippen molar-refractivity contribution in [3.63, 3.8) is 0 Å². The van der Waals surface area contributed by atoms with Crippen LogP contribution in [0, 0.1) is 11.3 Å². The molecule has 0 unspecified atom stereocenters. The summed E-state index contributed by atoms with van der Waals surface area (Å²) in [5.41, 5.74) is 4.34. The summed E-state index contributed by atoms with van der Waals surface area (Å²) in [4.78, 5) is 17.7. The van der Waals surface area contributed by atoms with Crippen molar-refractivity contribution in [2.45, 2.75) is 18.9 Å². The molecule has 5 rings (SSSR count). The van der Waals surface area contributed by atoms with Gasteiger partial charge in [-0.1, -0.05) is 0 Å². The molecule has 1 fully saturated rings. The van der Waals surface area contributed by atoms with Gasteiger partial charge in [0, 0.05) is 38.1 Å². The van der Waals surface area contributed by atoms with Crippen LogP contribution in [0.25, 0.3) is 27.9 Å². The molecule has 8 heteroatoms. The van der Waals surface area contributed by atoms with Crippen molar-refractivity contribution in [1.29, 1.82) is 5.26 Å². The van der Waals surface area contributed by atoms with Crippen LogP contribution >= 0.6 is 0 Å². The first kappa shape index (κ1) is 16.7. The van der Waals surface area contributed by atoms with Gasteiger partial charge in [-0.2, -0.15) is 10.4 Å². The summed E-state index contributed by atoms with van der Waals surface area (Å²) in [5.74, 6) is 0. The Hall–Kier alpha value is -3.44. The van der Waals surface area contributed by atoms with Crippen LogP contribution in [0.4, 0.5) is 0 Å². The summed E-state index contributed by atoms with van der Waals surface area (Å²) in [6.45, 7) is 1.30. The number of rotatable bonds is 2. The number of ether oxygens (including phenoxy) is 1. The normalized spacial score (nSPS) is 15.3. The fraction of sp³-hybridized carbons (Fsp3) is 0.300. The fourth-order valence-electron chi connectivity index (χ4n) is 3.91. The molecule has 4 aromatic heterocycles. The molecular formula is C20H18N6O2. The Bertz CT molecular complexity index is 1300. The maximum absolute atomic E-state index is 12.9. The van der Waals surface area contributed by atoms with Gasteiger partial charge in [0.2, 0.25) is 0 Å². The maximum Gasteiger partial charge on any atom is 0.330 e. The van der Waals surface area contributed by atoms with Crippen LogP contribution in [0.1, 0.15) is 24.4 Å². The third-order valence-electron chi connectivity index (χ3n) is 5.42. The lowest BCUT2D eigenvalue weighted by Crippen LogP contribution is -2.30. The summed E-state index contributed by atoms with van der Waals surface area (Å²) in [7, 11) is 1.77. The van der Waals surface area contributed by atoms with Crippen LogP contribution in [0.15, 0.2) is 41.5 Å². The lowest BCUT2D eigenvalue weighted by atomic mass is 10.1. The highest BCUT2D eigenvalue weighted by Crippen LogP contribution is 2.28. The molecule has 0 spiro atoms. The van der Waals surface area contributed by atoms with E-state index in [9.17, 15) is 10.1 Å². The minimum atomic E-state index is -0.0572. The van der Waals surface area contributed by atoms with Gasteiger partial charge in [-0.15, -0.1) is 0 Å². The van der Waals surface area contributed by atoms with E-state index in [0.717, 1.165) is 35.1 Å². The molecule has 0 radical (unpaired) electrons. The Morgan fingerprint density at radius 1 is 1.21 bits per heavy atom. The van der Waals surface area contributed by atoms with Crippen molar-refractivity contribution in [2.24, 2.45) is 7.05 Å². The zero-order valence-electron chi connectivity index (χ0n) is 15.4. The molecule has 0 aromatic carbocycles. The Morgan fingerprint density at radius 2 is 2.04 bits per heavy atom. The van der Waals surface area contributed by atoms with Gasteiger partial charge in [-0.05, 0) is 37.1 Å². The van der Waals surface area contributed by atoms with Crippen molar-refractivity contribution in [2.75, 3.05) is 13.2 Å². The molecule has 8 nitrogen and oxygen atoms in total. The molecule has 140 valence electrons. The van der Waals surface area contributed by atoms with Gasteiger partial charge >= 0.3 is 5.69 Å². The third kappa shape index (κ3) is 2.44. The second-order valence-corrected chi connectivity index (χ2v) is 7.01. The number of aromatic nitrogens is 5. The number of pyridine rings is 2. The zero-order chi connectivity index (χ0) is 19.3.